The number of carbonyl (C=O) groups is 2. The first-order valence-corrected chi connectivity index (χ1v) is 6.12. The molecule has 1 aliphatic heterocycles. The number of rotatable bonds is 3. The topological polar surface area (TPSA) is 57.6 Å². The quantitative estimate of drug-likeness (QED) is 0.886. The molecule has 2 rings (SSSR count). The highest BCUT2D eigenvalue weighted by Crippen LogP contribution is 2.37. The van der Waals surface area contributed by atoms with Gasteiger partial charge in [0.15, 0.2) is 0 Å². The highest BCUT2D eigenvalue weighted by atomic mass is 16.4. The molecule has 2 atom stereocenters. The number of carboxylic acid groups (broad SMARTS) is 1. The number of hydrogen-bond donors (Lipinski definition) is 1. The highest BCUT2D eigenvalue weighted by Gasteiger charge is 2.42. The Bertz CT molecular complexity index is 466. The second-order valence-corrected chi connectivity index (χ2v) is 4.69. The van der Waals surface area contributed by atoms with E-state index in [9.17, 15) is 14.7 Å². The van der Waals surface area contributed by atoms with Gasteiger partial charge in [-0.05, 0) is 17.5 Å². The molecule has 96 valence electrons. The SMILES string of the molecule is CCc1ccc(C2C(C(=O)O)CC(=O)N2C)cc1. The minimum absolute atomic E-state index is 0.0893. The predicted molar refractivity (Wildman–Crippen MR) is 67.1 cm³/mol. The van der Waals surface area contributed by atoms with Crippen LogP contribution in [-0.2, 0) is 16.0 Å². The van der Waals surface area contributed by atoms with Crippen molar-refractivity contribution in [1.29, 1.82) is 0 Å². The molecule has 1 saturated heterocycles. The number of aryl methyl sites for hydroxylation is 1. The third-order valence-corrected chi connectivity index (χ3v) is 3.63. The van der Waals surface area contributed by atoms with Gasteiger partial charge in [-0.1, -0.05) is 31.2 Å². The van der Waals surface area contributed by atoms with E-state index >= 15 is 0 Å². The molecular weight excluding hydrogens is 230 g/mol. The van der Waals surface area contributed by atoms with Crippen LogP contribution in [0.15, 0.2) is 24.3 Å². The Morgan fingerprint density at radius 1 is 1.39 bits per heavy atom. The number of carbonyl (C=O) groups excluding carboxylic acids is 1. The van der Waals surface area contributed by atoms with E-state index in [1.165, 1.54) is 5.56 Å². The molecule has 1 aliphatic rings. The molecule has 0 aromatic heterocycles. The van der Waals surface area contributed by atoms with Gasteiger partial charge in [0.2, 0.25) is 5.91 Å². The lowest BCUT2D eigenvalue weighted by Gasteiger charge is -2.23. The first-order chi connectivity index (χ1) is 8.54. The minimum atomic E-state index is -0.905. The normalized spacial score (nSPS) is 23.4. The Balaban J connectivity index is 2.33. The van der Waals surface area contributed by atoms with Gasteiger partial charge < -0.3 is 10.0 Å². The zero-order valence-electron chi connectivity index (χ0n) is 10.6. The Kier molecular flexibility index (Phi) is 3.36. The monoisotopic (exact) mass is 247 g/mol. The summed E-state index contributed by atoms with van der Waals surface area (Å²) in [5.41, 5.74) is 2.10. The molecule has 1 heterocycles. The summed E-state index contributed by atoms with van der Waals surface area (Å²) in [6.07, 6.45) is 1.04. The smallest absolute Gasteiger partial charge is 0.309 e. The van der Waals surface area contributed by atoms with Crippen LogP contribution >= 0.6 is 0 Å². The molecule has 1 fully saturated rings. The van der Waals surface area contributed by atoms with Crippen LogP contribution in [-0.4, -0.2) is 28.9 Å². The van der Waals surface area contributed by atoms with Crippen molar-refractivity contribution < 1.29 is 14.7 Å². The fraction of sp³-hybridized carbons (Fsp3) is 0.429. The van der Waals surface area contributed by atoms with Gasteiger partial charge in [0.05, 0.1) is 12.0 Å². The van der Waals surface area contributed by atoms with Gasteiger partial charge >= 0.3 is 5.97 Å². The van der Waals surface area contributed by atoms with Crippen LogP contribution in [0.4, 0.5) is 0 Å². The summed E-state index contributed by atoms with van der Waals surface area (Å²) < 4.78 is 0. The molecule has 1 aromatic rings. The van der Waals surface area contributed by atoms with E-state index in [-0.39, 0.29) is 18.4 Å². The van der Waals surface area contributed by atoms with Crippen LogP contribution in [0.3, 0.4) is 0 Å². The Morgan fingerprint density at radius 2 is 2.00 bits per heavy atom. The number of nitrogens with zero attached hydrogens (tertiary/aromatic N) is 1. The maximum Gasteiger partial charge on any atom is 0.309 e. The first-order valence-electron chi connectivity index (χ1n) is 6.12. The largest absolute Gasteiger partial charge is 0.481 e. The van der Waals surface area contributed by atoms with E-state index in [0.29, 0.717) is 0 Å². The number of likely N-dealkylation sites (tertiary alicyclic amines) is 1. The number of amides is 1. The first kappa shape index (κ1) is 12.6. The molecule has 0 aliphatic carbocycles. The average Bonchev–Trinajstić information content (AvgIpc) is 2.66. The van der Waals surface area contributed by atoms with Gasteiger partial charge in [-0.15, -0.1) is 0 Å². The summed E-state index contributed by atoms with van der Waals surface area (Å²) in [7, 11) is 1.67. The van der Waals surface area contributed by atoms with Gasteiger partial charge in [-0.25, -0.2) is 0 Å². The second kappa shape index (κ2) is 4.80. The molecule has 2 unspecified atom stereocenters. The van der Waals surface area contributed by atoms with Crippen LogP contribution in [0.25, 0.3) is 0 Å². The van der Waals surface area contributed by atoms with Crippen molar-refractivity contribution in [2.75, 3.05) is 7.05 Å². The summed E-state index contributed by atoms with van der Waals surface area (Å²) in [6, 6.07) is 7.49. The lowest BCUT2D eigenvalue weighted by atomic mass is 9.93. The number of benzene rings is 1. The molecule has 1 N–H and O–H groups in total. The fourth-order valence-electron chi connectivity index (χ4n) is 2.50. The van der Waals surface area contributed by atoms with E-state index in [0.717, 1.165) is 12.0 Å². The van der Waals surface area contributed by atoms with Crippen LogP contribution in [0.5, 0.6) is 0 Å². The number of aliphatic carboxylic acids is 1. The van der Waals surface area contributed by atoms with Crippen LogP contribution < -0.4 is 0 Å². The number of hydrogen-bond acceptors (Lipinski definition) is 2. The lowest BCUT2D eigenvalue weighted by molar-refractivity contribution is -0.142. The second-order valence-electron chi connectivity index (χ2n) is 4.69. The predicted octanol–water partition coefficient (Wildman–Crippen LogP) is 1.85. The van der Waals surface area contributed by atoms with E-state index in [4.69, 9.17) is 0 Å². The van der Waals surface area contributed by atoms with Gasteiger partial charge in [0.1, 0.15) is 0 Å². The third kappa shape index (κ3) is 2.10. The zero-order valence-corrected chi connectivity index (χ0v) is 10.6. The van der Waals surface area contributed by atoms with Crippen LogP contribution in [0, 0.1) is 5.92 Å². The maximum absolute atomic E-state index is 11.7. The van der Waals surface area contributed by atoms with E-state index in [1.807, 2.05) is 24.3 Å². The fourth-order valence-corrected chi connectivity index (χ4v) is 2.50. The molecule has 4 heteroatoms. The molecule has 1 amide bonds. The summed E-state index contributed by atoms with van der Waals surface area (Å²) in [5, 5.41) is 9.20. The molecule has 0 saturated carbocycles. The van der Waals surface area contributed by atoms with Crippen molar-refractivity contribution in [2.24, 2.45) is 5.92 Å². The minimum Gasteiger partial charge on any atom is -0.481 e. The summed E-state index contributed by atoms with van der Waals surface area (Å²) in [5.74, 6) is -1.65. The molecule has 4 nitrogen and oxygen atoms in total. The zero-order chi connectivity index (χ0) is 13.3. The molecule has 0 spiro atoms. The van der Waals surface area contributed by atoms with E-state index < -0.39 is 11.9 Å². The average molecular weight is 247 g/mol. The van der Waals surface area contributed by atoms with Gasteiger partial charge in [-0.2, -0.15) is 0 Å². The Labute approximate surface area is 106 Å². The van der Waals surface area contributed by atoms with Crippen LogP contribution in [0.1, 0.15) is 30.5 Å². The standard InChI is InChI=1S/C14H17NO3/c1-3-9-4-6-10(7-5-9)13-11(14(17)18)8-12(16)15(13)2/h4-7,11,13H,3,8H2,1-2H3,(H,17,18). The van der Waals surface area contributed by atoms with Crippen molar-refractivity contribution in [2.45, 2.75) is 25.8 Å². The molecule has 0 bridgehead atoms. The van der Waals surface area contributed by atoms with Crippen LogP contribution in [0.2, 0.25) is 0 Å². The summed E-state index contributed by atoms with van der Waals surface area (Å²) in [6.45, 7) is 2.07. The Morgan fingerprint density at radius 3 is 2.50 bits per heavy atom. The summed E-state index contributed by atoms with van der Waals surface area (Å²) >= 11 is 0. The molecule has 1 aromatic carbocycles. The third-order valence-electron chi connectivity index (χ3n) is 3.63. The lowest BCUT2D eigenvalue weighted by Crippen LogP contribution is -2.26. The highest BCUT2D eigenvalue weighted by molar-refractivity contribution is 5.87. The molecular formula is C14H17NO3. The maximum atomic E-state index is 11.7. The van der Waals surface area contributed by atoms with E-state index in [1.54, 1.807) is 11.9 Å². The van der Waals surface area contributed by atoms with Crippen molar-refractivity contribution >= 4 is 11.9 Å². The summed E-state index contributed by atoms with van der Waals surface area (Å²) in [4.78, 5) is 24.4. The Hall–Kier alpha value is -1.84. The van der Waals surface area contributed by atoms with Gasteiger partial charge in [0, 0.05) is 13.5 Å². The van der Waals surface area contributed by atoms with Crippen molar-refractivity contribution in [1.82, 2.24) is 4.90 Å². The van der Waals surface area contributed by atoms with E-state index in [2.05, 4.69) is 6.92 Å². The van der Waals surface area contributed by atoms with Crippen molar-refractivity contribution in [3.05, 3.63) is 35.4 Å². The molecule has 0 radical (unpaired) electrons. The van der Waals surface area contributed by atoms with Gasteiger partial charge in [0.25, 0.3) is 0 Å². The van der Waals surface area contributed by atoms with Crippen molar-refractivity contribution in [3.63, 3.8) is 0 Å². The van der Waals surface area contributed by atoms with Crippen molar-refractivity contribution in [3.8, 4) is 0 Å². The van der Waals surface area contributed by atoms with Gasteiger partial charge in [-0.3, -0.25) is 9.59 Å². The number of carboxylic acids is 1. The molecule has 18 heavy (non-hydrogen) atoms.